The summed E-state index contributed by atoms with van der Waals surface area (Å²) in [5.41, 5.74) is 1.05. The van der Waals surface area contributed by atoms with Crippen LogP contribution in [0.15, 0.2) is 77.7 Å². The fourth-order valence-corrected chi connectivity index (χ4v) is 5.78. The van der Waals surface area contributed by atoms with Gasteiger partial charge in [-0.1, -0.05) is 43.7 Å². The molecule has 9 nitrogen and oxygen atoms in total. The van der Waals surface area contributed by atoms with Crippen molar-refractivity contribution in [2.24, 2.45) is 0 Å². The number of hydrogen-bond acceptors (Lipinski definition) is 6. The topological polar surface area (TPSA) is 105 Å². The number of unbranched alkanes of at least 4 members (excludes halogenated alkanes) is 1. The highest BCUT2D eigenvalue weighted by molar-refractivity contribution is 7.92. The van der Waals surface area contributed by atoms with Gasteiger partial charge >= 0.3 is 0 Å². The van der Waals surface area contributed by atoms with E-state index in [2.05, 4.69) is 5.32 Å². The second-order valence-electron chi connectivity index (χ2n) is 9.65. The minimum absolute atomic E-state index is 0.0857. The predicted molar refractivity (Wildman–Crippen MR) is 160 cm³/mol. The van der Waals surface area contributed by atoms with Crippen molar-refractivity contribution in [3.8, 4) is 11.5 Å². The molecule has 1 N–H and O–H groups in total. The highest BCUT2D eigenvalue weighted by atomic mass is 32.2. The molecule has 42 heavy (non-hydrogen) atoms. The normalized spacial score (nSPS) is 11.8. The average molecular weight is 600 g/mol. The number of hydrogen-bond donors (Lipinski definition) is 1. The number of methoxy groups -OCH3 is 2. The fraction of sp³-hybridized carbons (Fsp3) is 0.355. The molecule has 0 aliphatic rings. The second-order valence-corrected chi connectivity index (χ2v) is 11.5. The van der Waals surface area contributed by atoms with Gasteiger partial charge in [0.15, 0.2) is 11.5 Å². The Morgan fingerprint density at radius 1 is 0.952 bits per heavy atom. The van der Waals surface area contributed by atoms with Crippen LogP contribution in [0.4, 0.5) is 10.1 Å². The van der Waals surface area contributed by atoms with Gasteiger partial charge in [0.1, 0.15) is 18.4 Å². The van der Waals surface area contributed by atoms with Gasteiger partial charge in [-0.2, -0.15) is 0 Å². The van der Waals surface area contributed by atoms with E-state index in [-0.39, 0.29) is 28.8 Å². The number of ether oxygens (including phenoxy) is 2. The molecule has 0 fully saturated rings. The molecule has 11 heteroatoms. The number of carbonyl (C=O) groups is 2. The van der Waals surface area contributed by atoms with Crippen LogP contribution in [0.1, 0.15) is 32.3 Å². The molecule has 0 heterocycles. The average Bonchev–Trinajstić information content (AvgIpc) is 3.00. The van der Waals surface area contributed by atoms with Crippen molar-refractivity contribution < 1.29 is 31.9 Å². The maximum Gasteiger partial charge on any atom is 0.264 e. The summed E-state index contributed by atoms with van der Waals surface area (Å²) >= 11 is 0. The van der Waals surface area contributed by atoms with Gasteiger partial charge in [0, 0.05) is 19.2 Å². The van der Waals surface area contributed by atoms with Crippen molar-refractivity contribution in [1.29, 1.82) is 0 Å². The van der Waals surface area contributed by atoms with Crippen LogP contribution in [0.3, 0.4) is 0 Å². The monoisotopic (exact) mass is 599 g/mol. The van der Waals surface area contributed by atoms with Crippen LogP contribution in [0.2, 0.25) is 0 Å². The lowest BCUT2D eigenvalue weighted by Gasteiger charge is -2.32. The molecule has 2 amide bonds. The number of nitrogens with zero attached hydrogens (tertiary/aromatic N) is 2. The lowest BCUT2D eigenvalue weighted by Crippen LogP contribution is -2.52. The molecule has 226 valence electrons. The molecule has 3 aromatic carbocycles. The lowest BCUT2D eigenvalue weighted by atomic mass is 10.1. The maximum absolute atomic E-state index is 14.0. The third-order valence-corrected chi connectivity index (χ3v) is 8.59. The summed E-state index contributed by atoms with van der Waals surface area (Å²) in [5, 5.41) is 2.86. The van der Waals surface area contributed by atoms with Crippen LogP contribution >= 0.6 is 0 Å². The van der Waals surface area contributed by atoms with Crippen molar-refractivity contribution in [1.82, 2.24) is 10.2 Å². The van der Waals surface area contributed by atoms with Crippen LogP contribution in [-0.4, -0.2) is 65.0 Å². The molecule has 0 saturated heterocycles. The zero-order valence-corrected chi connectivity index (χ0v) is 25.2. The van der Waals surface area contributed by atoms with Crippen molar-refractivity contribution >= 4 is 27.5 Å². The fourth-order valence-electron chi connectivity index (χ4n) is 4.35. The van der Waals surface area contributed by atoms with Crippen molar-refractivity contribution in [3.63, 3.8) is 0 Å². The van der Waals surface area contributed by atoms with Gasteiger partial charge in [0.2, 0.25) is 11.8 Å². The van der Waals surface area contributed by atoms with Crippen molar-refractivity contribution in [2.75, 3.05) is 38.2 Å². The number of carbonyl (C=O) groups excluding carboxylic acids is 2. The van der Waals surface area contributed by atoms with Crippen molar-refractivity contribution in [2.45, 2.75) is 44.0 Å². The molecule has 1 atom stereocenters. The van der Waals surface area contributed by atoms with Crippen LogP contribution in [-0.2, 0) is 26.0 Å². The minimum atomic E-state index is -4.36. The quantitative estimate of drug-likeness (QED) is 0.260. The molecule has 0 aliphatic heterocycles. The third-order valence-electron chi connectivity index (χ3n) is 6.82. The molecule has 3 aromatic rings. The van der Waals surface area contributed by atoms with E-state index in [1.54, 1.807) is 6.92 Å². The molecule has 0 spiro atoms. The molecular formula is C31H38FN3O6S. The van der Waals surface area contributed by atoms with Gasteiger partial charge in [-0.05, 0) is 61.7 Å². The Morgan fingerprint density at radius 3 is 2.24 bits per heavy atom. The molecule has 0 saturated carbocycles. The summed E-state index contributed by atoms with van der Waals surface area (Å²) in [5.74, 6) is -0.963. The maximum atomic E-state index is 14.0. The van der Waals surface area contributed by atoms with Gasteiger partial charge in [0.25, 0.3) is 10.0 Å². The van der Waals surface area contributed by atoms with Gasteiger partial charge < -0.3 is 19.7 Å². The van der Waals surface area contributed by atoms with Crippen LogP contribution in [0.25, 0.3) is 0 Å². The van der Waals surface area contributed by atoms with Gasteiger partial charge in [-0.15, -0.1) is 0 Å². The van der Waals surface area contributed by atoms with Crippen LogP contribution in [0, 0.1) is 5.82 Å². The van der Waals surface area contributed by atoms with Gasteiger partial charge in [0.05, 0.1) is 24.8 Å². The van der Waals surface area contributed by atoms with E-state index in [1.807, 2.05) is 37.3 Å². The van der Waals surface area contributed by atoms with Crippen LogP contribution < -0.4 is 19.1 Å². The SMILES string of the molecule is CCCCNC(=O)[C@H](C)N(CCc1ccccc1)C(=O)CN(c1ccc(F)cc1)S(=O)(=O)c1ccc(OC)c(OC)c1. The molecule has 0 aliphatic carbocycles. The summed E-state index contributed by atoms with van der Waals surface area (Å²) in [7, 11) is -1.54. The molecule has 0 aromatic heterocycles. The summed E-state index contributed by atoms with van der Waals surface area (Å²) < 4.78 is 53.2. The third kappa shape index (κ3) is 8.22. The molecule has 0 radical (unpaired) electrons. The molecule has 0 bridgehead atoms. The lowest BCUT2D eigenvalue weighted by molar-refractivity contribution is -0.138. The predicted octanol–water partition coefficient (Wildman–Crippen LogP) is 4.41. The van der Waals surface area contributed by atoms with E-state index in [4.69, 9.17) is 9.47 Å². The van der Waals surface area contributed by atoms with E-state index in [9.17, 15) is 22.4 Å². The summed E-state index contributed by atoms with van der Waals surface area (Å²) in [6, 6.07) is 17.5. The number of amides is 2. The Bertz CT molecular complexity index is 1430. The zero-order chi connectivity index (χ0) is 30.7. The Hall–Kier alpha value is -4.12. The first kappa shape index (κ1) is 32.4. The highest BCUT2D eigenvalue weighted by Gasteiger charge is 2.33. The number of benzene rings is 3. The Morgan fingerprint density at radius 2 is 1.62 bits per heavy atom. The Labute approximate surface area is 247 Å². The van der Waals surface area contributed by atoms with E-state index in [0.29, 0.717) is 18.7 Å². The summed E-state index contributed by atoms with van der Waals surface area (Å²) in [6.07, 6.45) is 2.14. The van der Waals surface area contributed by atoms with E-state index < -0.39 is 34.3 Å². The van der Waals surface area contributed by atoms with E-state index in [0.717, 1.165) is 34.8 Å². The summed E-state index contributed by atoms with van der Waals surface area (Å²) in [6.45, 7) is 3.65. The van der Waals surface area contributed by atoms with Gasteiger partial charge in [-0.25, -0.2) is 12.8 Å². The second kappa shape index (κ2) is 15.2. The summed E-state index contributed by atoms with van der Waals surface area (Å²) in [4.78, 5) is 28.2. The number of halogens is 1. The molecule has 3 rings (SSSR count). The van der Waals surface area contributed by atoms with E-state index >= 15 is 0 Å². The smallest absolute Gasteiger partial charge is 0.264 e. The Balaban J connectivity index is 1.99. The number of nitrogens with one attached hydrogen (secondary N) is 1. The highest BCUT2D eigenvalue weighted by Crippen LogP contribution is 2.32. The van der Waals surface area contributed by atoms with Crippen molar-refractivity contribution in [3.05, 3.63) is 84.2 Å². The molecule has 0 unspecified atom stereocenters. The minimum Gasteiger partial charge on any atom is -0.493 e. The first-order valence-electron chi connectivity index (χ1n) is 13.7. The van der Waals surface area contributed by atoms with Gasteiger partial charge in [-0.3, -0.25) is 13.9 Å². The number of rotatable bonds is 15. The standard InChI is InChI=1S/C31H38FN3O6S/c1-5-6-19-33-31(37)23(2)34(20-18-24-10-8-7-9-11-24)30(36)22-35(26-14-12-25(32)13-15-26)42(38,39)27-16-17-28(40-3)29(21-27)41-4/h7-17,21,23H,5-6,18-20,22H2,1-4H3,(H,33,37)/t23-/m0/s1. The first-order chi connectivity index (χ1) is 20.1. The first-order valence-corrected chi connectivity index (χ1v) is 15.2. The van der Waals surface area contributed by atoms with Crippen LogP contribution in [0.5, 0.6) is 11.5 Å². The molecular weight excluding hydrogens is 561 g/mol. The Kier molecular flexibility index (Phi) is 11.7. The number of sulfonamides is 1. The van der Waals surface area contributed by atoms with E-state index in [1.165, 1.54) is 49.5 Å². The zero-order valence-electron chi connectivity index (χ0n) is 24.4. The largest absolute Gasteiger partial charge is 0.493 e. The number of anilines is 1.